The van der Waals surface area contributed by atoms with Crippen molar-refractivity contribution in [2.45, 2.75) is 37.8 Å². The van der Waals surface area contributed by atoms with Gasteiger partial charge in [-0.05, 0) is 77.7 Å². The van der Waals surface area contributed by atoms with Crippen LogP contribution in [-0.2, 0) is 30.5 Å². The number of ether oxygens (including phenoxy) is 1. The number of para-hydroxylation sites is 1. The summed E-state index contributed by atoms with van der Waals surface area (Å²) in [6, 6.07) is 22.8. The number of nitrogens with zero attached hydrogens (tertiary/aromatic N) is 1. The predicted molar refractivity (Wildman–Crippen MR) is 153 cm³/mol. The van der Waals surface area contributed by atoms with Crippen LogP contribution in [0.4, 0.5) is 13.2 Å². The molecule has 10 heteroatoms. The van der Waals surface area contributed by atoms with E-state index in [4.69, 9.17) is 10.5 Å². The third-order valence-electron chi connectivity index (χ3n) is 7.42. The summed E-state index contributed by atoms with van der Waals surface area (Å²) in [5.74, 6) is 0.638. The van der Waals surface area contributed by atoms with E-state index in [0.717, 1.165) is 51.1 Å². The maximum Gasteiger partial charge on any atom is 0.416 e. The Kier molecular flexibility index (Phi) is 7.40. The van der Waals surface area contributed by atoms with Crippen molar-refractivity contribution in [1.29, 1.82) is 0 Å². The van der Waals surface area contributed by atoms with E-state index in [0.29, 0.717) is 24.5 Å². The first kappa shape index (κ1) is 27.5. The molecule has 1 aliphatic rings. The predicted octanol–water partition coefficient (Wildman–Crippen LogP) is 5.75. The number of alkyl halides is 3. The summed E-state index contributed by atoms with van der Waals surface area (Å²) in [5, 5.41) is 7.58. The molecule has 0 bridgehead atoms. The zero-order valence-electron chi connectivity index (χ0n) is 22.4. The molecule has 5 aromatic rings. The number of amides is 1. The van der Waals surface area contributed by atoms with Gasteiger partial charge in [0.2, 0.25) is 5.91 Å². The van der Waals surface area contributed by atoms with Gasteiger partial charge in [0.05, 0.1) is 29.9 Å². The van der Waals surface area contributed by atoms with Crippen LogP contribution in [0.15, 0.2) is 91.1 Å². The maximum absolute atomic E-state index is 13.4. The van der Waals surface area contributed by atoms with Crippen LogP contribution >= 0.6 is 0 Å². The number of pyridine rings is 1. The van der Waals surface area contributed by atoms with Gasteiger partial charge in [0, 0.05) is 29.3 Å². The second-order valence-electron chi connectivity index (χ2n) is 10.2. The molecule has 3 heterocycles. The molecule has 0 spiro atoms. The van der Waals surface area contributed by atoms with E-state index in [1.165, 1.54) is 12.1 Å². The zero-order chi connectivity index (χ0) is 29.3. The number of aromatic nitrogens is 2. The lowest BCUT2D eigenvalue weighted by Crippen LogP contribution is -2.49. The average molecular weight is 572 g/mol. The molecule has 2 atom stereocenters. The first-order valence-electron chi connectivity index (χ1n) is 13.5. The zero-order valence-corrected chi connectivity index (χ0v) is 22.4. The third-order valence-corrected chi connectivity index (χ3v) is 7.42. The average Bonchev–Trinajstić information content (AvgIpc) is 3.38. The normalized spacial score (nSPS) is 16.7. The molecule has 6 rings (SSSR count). The van der Waals surface area contributed by atoms with Crippen LogP contribution in [-0.4, -0.2) is 21.9 Å². The number of H-pyrrole nitrogens is 1. The fourth-order valence-electron chi connectivity index (χ4n) is 5.30. The number of hydrogen-bond donors (Lipinski definition) is 4. The van der Waals surface area contributed by atoms with Crippen molar-refractivity contribution >= 4 is 16.8 Å². The number of aromatic amines is 1. The number of carbonyl (C=O) groups is 1. The van der Waals surface area contributed by atoms with Crippen molar-refractivity contribution < 1.29 is 22.7 Å². The van der Waals surface area contributed by atoms with Crippen LogP contribution in [0.3, 0.4) is 0 Å². The van der Waals surface area contributed by atoms with Crippen LogP contribution in [0.25, 0.3) is 10.9 Å². The van der Waals surface area contributed by atoms with Crippen molar-refractivity contribution in [3.63, 3.8) is 0 Å². The third kappa shape index (κ3) is 5.72. The highest BCUT2D eigenvalue weighted by atomic mass is 19.4. The Morgan fingerprint density at radius 1 is 1.00 bits per heavy atom. The van der Waals surface area contributed by atoms with Crippen LogP contribution < -0.4 is 21.1 Å². The quantitative estimate of drug-likeness (QED) is 0.199. The monoisotopic (exact) mass is 571 g/mol. The van der Waals surface area contributed by atoms with E-state index in [9.17, 15) is 18.0 Å². The fraction of sp³-hybridized carbons (Fsp3) is 0.188. The summed E-state index contributed by atoms with van der Waals surface area (Å²) < 4.78 is 44.4. The first-order valence-corrected chi connectivity index (χ1v) is 13.5. The maximum atomic E-state index is 13.4. The number of fused-ring (bicyclic) bond motifs is 3. The van der Waals surface area contributed by atoms with E-state index < -0.39 is 17.8 Å². The molecule has 1 aliphatic heterocycles. The number of rotatable bonds is 7. The Morgan fingerprint density at radius 2 is 1.71 bits per heavy atom. The number of hydrogen-bond acceptors (Lipinski definition) is 5. The summed E-state index contributed by atoms with van der Waals surface area (Å²) in [6.45, 7) is 0.680. The van der Waals surface area contributed by atoms with Crippen LogP contribution in [0.5, 0.6) is 11.5 Å². The van der Waals surface area contributed by atoms with Gasteiger partial charge in [0.1, 0.15) is 11.5 Å². The minimum Gasteiger partial charge on any atom is -0.457 e. The lowest BCUT2D eigenvalue weighted by atomic mass is 9.90. The molecule has 0 aliphatic carbocycles. The van der Waals surface area contributed by atoms with Gasteiger partial charge < -0.3 is 20.8 Å². The topological polar surface area (TPSA) is 105 Å². The molecule has 2 aromatic heterocycles. The largest absolute Gasteiger partial charge is 0.457 e. The van der Waals surface area contributed by atoms with Crippen molar-refractivity contribution in [2.24, 2.45) is 5.73 Å². The van der Waals surface area contributed by atoms with Gasteiger partial charge >= 0.3 is 6.18 Å². The van der Waals surface area contributed by atoms with Gasteiger partial charge in [-0.25, -0.2) is 0 Å². The Labute approximate surface area is 239 Å². The van der Waals surface area contributed by atoms with Crippen LogP contribution in [0, 0.1) is 0 Å². The Hall–Kier alpha value is -4.67. The number of carbonyl (C=O) groups excluding carboxylic acids is 1. The lowest BCUT2D eigenvalue weighted by Gasteiger charge is -2.31. The van der Waals surface area contributed by atoms with Crippen LogP contribution in [0.1, 0.15) is 39.7 Å². The molecule has 0 saturated heterocycles. The highest BCUT2D eigenvalue weighted by molar-refractivity contribution is 5.88. The van der Waals surface area contributed by atoms with E-state index >= 15 is 0 Å². The number of halogens is 3. The van der Waals surface area contributed by atoms with Gasteiger partial charge in [-0.3, -0.25) is 15.1 Å². The fourth-order valence-corrected chi connectivity index (χ4v) is 5.30. The van der Waals surface area contributed by atoms with Crippen molar-refractivity contribution in [2.75, 3.05) is 0 Å². The molecule has 0 radical (unpaired) electrons. The molecule has 42 heavy (non-hydrogen) atoms. The van der Waals surface area contributed by atoms with Gasteiger partial charge in [0.15, 0.2) is 0 Å². The molecule has 1 amide bonds. The minimum absolute atomic E-state index is 0.141. The summed E-state index contributed by atoms with van der Waals surface area (Å²) in [5.41, 5.74) is 10.6. The smallest absolute Gasteiger partial charge is 0.416 e. The van der Waals surface area contributed by atoms with E-state index in [1.54, 1.807) is 18.3 Å². The van der Waals surface area contributed by atoms with Gasteiger partial charge in [0.25, 0.3) is 0 Å². The van der Waals surface area contributed by atoms with Gasteiger partial charge in [-0.15, -0.1) is 0 Å². The van der Waals surface area contributed by atoms with Crippen LogP contribution in [0.2, 0.25) is 0 Å². The summed E-state index contributed by atoms with van der Waals surface area (Å²) in [6.07, 6.45) is -2.22. The molecule has 3 aromatic carbocycles. The SMILES string of the molecule is NCc1ccnc(CNC(=O)C2Cc3c([nH]c4ccccc34)C(c3ccc(Oc4ccc(C(F)(F)F)cc4)cc3)N2)c1. The molecule has 2 unspecified atom stereocenters. The van der Waals surface area contributed by atoms with Crippen molar-refractivity contribution in [1.82, 2.24) is 20.6 Å². The summed E-state index contributed by atoms with van der Waals surface area (Å²) >= 11 is 0. The molecule has 214 valence electrons. The second-order valence-corrected chi connectivity index (χ2v) is 10.2. The Morgan fingerprint density at radius 3 is 2.43 bits per heavy atom. The highest BCUT2D eigenvalue weighted by Crippen LogP contribution is 2.36. The molecule has 5 N–H and O–H groups in total. The number of benzene rings is 3. The standard InChI is InChI=1S/C32H28F3N5O2/c33-32(34,35)21-7-11-24(12-8-21)42-23-9-5-20(6-10-23)29-30-26(25-3-1-2-4-27(25)39-30)16-28(40-29)31(41)38-18-22-15-19(17-36)13-14-37-22/h1-15,28-29,39-40H,16-18,36H2,(H,38,41). The van der Waals surface area contributed by atoms with E-state index in [2.05, 4.69) is 20.6 Å². The molecule has 0 fully saturated rings. The highest BCUT2D eigenvalue weighted by Gasteiger charge is 2.34. The van der Waals surface area contributed by atoms with Gasteiger partial charge in [-0.1, -0.05) is 30.3 Å². The van der Waals surface area contributed by atoms with E-state index in [1.807, 2.05) is 48.5 Å². The van der Waals surface area contributed by atoms with Crippen molar-refractivity contribution in [3.8, 4) is 11.5 Å². The molecular formula is C32H28F3N5O2. The molecule has 0 saturated carbocycles. The van der Waals surface area contributed by atoms with E-state index in [-0.39, 0.29) is 18.5 Å². The first-order chi connectivity index (χ1) is 20.3. The molecular weight excluding hydrogens is 543 g/mol. The number of nitrogens with two attached hydrogens (primary N) is 1. The summed E-state index contributed by atoms with van der Waals surface area (Å²) in [7, 11) is 0. The summed E-state index contributed by atoms with van der Waals surface area (Å²) in [4.78, 5) is 21.2. The Balaban J connectivity index is 1.23. The second kappa shape index (κ2) is 11.3. The Bertz CT molecular complexity index is 1720. The number of nitrogens with one attached hydrogen (secondary N) is 3. The lowest BCUT2D eigenvalue weighted by molar-refractivity contribution is -0.137. The molecule has 7 nitrogen and oxygen atoms in total. The van der Waals surface area contributed by atoms with Crippen molar-refractivity contribution in [3.05, 3.63) is 125 Å². The minimum atomic E-state index is -4.41. The van der Waals surface area contributed by atoms with Gasteiger partial charge in [-0.2, -0.15) is 13.2 Å².